The van der Waals surface area contributed by atoms with E-state index >= 15 is 0 Å². The predicted molar refractivity (Wildman–Crippen MR) is 62.0 cm³/mol. The SMILES string of the molecule is COc1cc(C(N)=O)ccc1CC(N)=S. The van der Waals surface area contributed by atoms with Crippen LogP contribution in [0.5, 0.6) is 5.75 Å². The lowest BCUT2D eigenvalue weighted by molar-refractivity contribution is 0.1000. The largest absolute Gasteiger partial charge is 0.496 e. The van der Waals surface area contributed by atoms with Crippen LogP contribution in [0.4, 0.5) is 0 Å². The zero-order chi connectivity index (χ0) is 11.4. The van der Waals surface area contributed by atoms with Gasteiger partial charge in [-0.1, -0.05) is 18.3 Å². The molecular formula is C10H12N2O2S. The van der Waals surface area contributed by atoms with Gasteiger partial charge in [-0.3, -0.25) is 4.79 Å². The highest BCUT2D eigenvalue weighted by Crippen LogP contribution is 2.20. The molecule has 0 heterocycles. The first-order chi connectivity index (χ1) is 7.04. The molecule has 0 radical (unpaired) electrons. The molecule has 80 valence electrons. The summed E-state index contributed by atoms with van der Waals surface area (Å²) in [5.74, 6) is 0.0780. The van der Waals surface area contributed by atoms with Crippen molar-refractivity contribution < 1.29 is 9.53 Å². The Morgan fingerprint density at radius 2 is 2.13 bits per heavy atom. The highest BCUT2D eigenvalue weighted by Gasteiger charge is 2.08. The fourth-order valence-corrected chi connectivity index (χ4v) is 1.39. The molecule has 1 aromatic rings. The zero-order valence-corrected chi connectivity index (χ0v) is 9.14. The summed E-state index contributed by atoms with van der Waals surface area (Å²) in [5, 5.41) is 0. The third kappa shape index (κ3) is 2.92. The van der Waals surface area contributed by atoms with Crippen molar-refractivity contribution in [3.63, 3.8) is 0 Å². The highest BCUT2D eigenvalue weighted by atomic mass is 32.1. The molecule has 5 heteroatoms. The van der Waals surface area contributed by atoms with E-state index in [0.29, 0.717) is 22.7 Å². The number of ether oxygens (including phenoxy) is 1. The van der Waals surface area contributed by atoms with Gasteiger partial charge >= 0.3 is 0 Å². The second kappa shape index (κ2) is 4.75. The molecule has 1 rings (SSSR count). The molecule has 0 spiro atoms. The standard InChI is InChI=1S/C10H12N2O2S/c1-14-8-4-7(10(12)13)3-2-6(8)5-9(11)15/h2-4H,5H2,1H3,(H2,11,15)(H2,12,13). The molecule has 1 aromatic carbocycles. The van der Waals surface area contributed by atoms with Crippen LogP contribution in [-0.4, -0.2) is 18.0 Å². The van der Waals surface area contributed by atoms with E-state index in [1.54, 1.807) is 18.2 Å². The maximum Gasteiger partial charge on any atom is 0.248 e. The number of methoxy groups -OCH3 is 1. The van der Waals surface area contributed by atoms with Gasteiger partial charge in [0.1, 0.15) is 5.75 Å². The molecule has 0 unspecified atom stereocenters. The molecule has 0 bridgehead atoms. The van der Waals surface area contributed by atoms with Gasteiger partial charge in [-0.2, -0.15) is 0 Å². The number of rotatable bonds is 4. The van der Waals surface area contributed by atoms with Gasteiger partial charge in [0.05, 0.1) is 12.1 Å². The second-order valence-corrected chi connectivity index (χ2v) is 3.56. The Kier molecular flexibility index (Phi) is 3.62. The predicted octanol–water partition coefficient (Wildman–Crippen LogP) is 0.623. The Bertz CT molecular complexity index is 404. The van der Waals surface area contributed by atoms with Gasteiger partial charge in [0.2, 0.25) is 5.91 Å². The number of carbonyl (C=O) groups is 1. The van der Waals surface area contributed by atoms with Gasteiger partial charge in [-0.05, 0) is 12.1 Å². The topological polar surface area (TPSA) is 78.3 Å². The van der Waals surface area contributed by atoms with Crippen molar-refractivity contribution in [2.24, 2.45) is 11.5 Å². The molecule has 0 aliphatic heterocycles. The Balaban J connectivity index is 3.08. The first kappa shape index (κ1) is 11.5. The quantitative estimate of drug-likeness (QED) is 0.735. The van der Waals surface area contributed by atoms with Crippen LogP contribution in [0.2, 0.25) is 0 Å². The van der Waals surface area contributed by atoms with Crippen LogP contribution in [0.15, 0.2) is 18.2 Å². The molecule has 0 saturated carbocycles. The lowest BCUT2D eigenvalue weighted by atomic mass is 10.1. The Morgan fingerprint density at radius 3 is 2.60 bits per heavy atom. The fourth-order valence-electron chi connectivity index (χ4n) is 1.23. The minimum Gasteiger partial charge on any atom is -0.496 e. The van der Waals surface area contributed by atoms with Crippen LogP contribution in [0.25, 0.3) is 0 Å². The number of nitrogens with two attached hydrogens (primary N) is 2. The van der Waals surface area contributed by atoms with Gasteiger partial charge in [0, 0.05) is 17.5 Å². The number of amides is 1. The van der Waals surface area contributed by atoms with Crippen molar-refractivity contribution in [1.29, 1.82) is 0 Å². The smallest absolute Gasteiger partial charge is 0.248 e. The number of thiocarbonyl (C=S) groups is 1. The summed E-state index contributed by atoms with van der Waals surface area (Å²) in [6, 6.07) is 4.94. The van der Waals surface area contributed by atoms with E-state index in [1.165, 1.54) is 7.11 Å². The molecule has 0 aliphatic rings. The van der Waals surface area contributed by atoms with Crippen LogP contribution < -0.4 is 16.2 Å². The highest BCUT2D eigenvalue weighted by molar-refractivity contribution is 7.80. The number of primary amides is 1. The van der Waals surface area contributed by atoms with Crippen molar-refractivity contribution in [3.05, 3.63) is 29.3 Å². The van der Waals surface area contributed by atoms with Gasteiger partial charge < -0.3 is 16.2 Å². The van der Waals surface area contributed by atoms with E-state index in [0.717, 1.165) is 5.56 Å². The lowest BCUT2D eigenvalue weighted by Gasteiger charge is -2.08. The van der Waals surface area contributed by atoms with Gasteiger partial charge in [-0.15, -0.1) is 0 Å². The van der Waals surface area contributed by atoms with E-state index in [9.17, 15) is 4.79 Å². The molecule has 0 saturated heterocycles. The first-order valence-electron chi connectivity index (χ1n) is 4.29. The molecule has 0 atom stereocenters. The van der Waals surface area contributed by atoms with Gasteiger partial charge in [0.15, 0.2) is 0 Å². The summed E-state index contributed by atoms with van der Waals surface area (Å²) >= 11 is 4.80. The number of hydrogen-bond acceptors (Lipinski definition) is 3. The summed E-state index contributed by atoms with van der Waals surface area (Å²) in [6.45, 7) is 0. The van der Waals surface area contributed by atoms with Crippen LogP contribution in [-0.2, 0) is 6.42 Å². The van der Waals surface area contributed by atoms with Gasteiger partial charge in [-0.25, -0.2) is 0 Å². The van der Waals surface area contributed by atoms with Crippen LogP contribution in [0.1, 0.15) is 15.9 Å². The first-order valence-corrected chi connectivity index (χ1v) is 4.70. The van der Waals surface area contributed by atoms with E-state index in [2.05, 4.69) is 0 Å². The molecule has 4 nitrogen and oxygen atoms in total. The average molecular weight is 224 g/mol. The van der Waals surface area contributed by atoms with Crippen molar-refractivity contribution in [2.45, 2.75) is 6.42 Å². The van der Waals surface area contributed by atoms with E-state index in [1.807, 2.05) is 0 Å². The Labute approximate surface area is 93.2 Å². The van der Waals surface area contributed by atoms with Crippen molar-refractivity contribution in [3.8, 4) is 5.75 Å². The third-order valence-corrected chi connectivity index (χ3v) is 2.08. The van der Waals surface area contributed by atoms with Crippen molar-refractivity contribution >= 4 is 23.1 Å². The summed E-state index contributed by atoms with van der Waals surface area (Å²) in [7, 11) is 1.52. The van der Waals surface area contributed by atoms with E-state index < -0.39 is 5.91 Å². The molecule has 0 aliphatic carbocycles. The number of hydrogen-bond donors (Lipinski definition) is 2. The molecule has 4 N–H and O–H groups in total. The summed E-state index contributed by atoms with van der Waals surface area (Å²) < 4.78 is 5.11. The Morgan fingerprint density at radius 1 is 1.47 bits per heavy atom. The van der Waals surface area contributed by atoms with Crippen molar-refractivity contribution in [1.82, 2.24) is 0 Å². The summed E-state index contributed by atoms with van der Waals surface area (Å²) in [4.78, 5) is 11.3. The van der Waals surface area contributed by atoms with Crippen LogP contribution in [0.3, 0.4) is 0 Å². The number of benzene rings is 1. The maximum absolute atomic E-state index is 10.9. The van der Waals surface area contributed by atoms with Crippen LogP contribution >= 0.6 is 12.2 Å². The summed E-state index contributed by atoms with van der Waals surface area (Å²) in [5.41, 5.74) is 11.8. The molecule has 0 aromatic heterocycles. The third-order valence-electron chi connectivity index (χ3n) is 1.94. The monoisotopic (exact) mass is 224 g/mol. The molecular weight excluding hydrogens is 212 g/mol. The fraction of sp³-hybridized carbons (Fsp3) is 0.200. The molecule has 1 amide bonds. The zero-order valence-electron chi connectivity index (χ0n) is 8.32. The Hall–Kier alpha value is -1.62. The van der Waals surface area contributed by atoms with Crippen molar-refractivity contribution in [2.75, 3.05) is 7.11 Å². The van der Waals surface area contributed by atoms with E-state index in [-0.39, 0.29) is 0 Å². The molecule has 15 heavy (non-hydrogen) atoms. The molecule has 0 fully saturated rings. The minimum absolute atomic E-state index is 0.375. The summed E-state index contributed by atoms with van der Waals surface area (Å²) in [6.07, 6.45) is 0.442. The van der Waals surface area contributed by atoms with Gasteiger partial charge in [0.25, 0.3) is 0 Å². The minimum atomic E-state index is -0.491. The maximum atomic E-state index is 10.9. The number of carbonyl (C=O) groups excluding carboxylic acids is 1. The normalized spacial score (nSPS) is 9.67. The van der Waals surface area contributed by atoms with Crippen LogP contribution in [0, 0.1) is 0 Å². The van der Waals surface area contributed by atoms with E-state index in [4.69, 9.17) is 28.4 Å². The lowest BCUT2D eigenvalue weighted by Crippen LogP contribution is -2.14. The second-order valence-electron chi connectivity index (χ2n) is 3.03. The average Bonchev–Trinajstić information content (AvgIpc) is 2.17.